The molecular formula is C64H106N8O41. The molecule has 8 fully saturated rings. The molecule has 0 aromatic heterocycles. The van der Waals surface area contributed by atoms with Crippen LogP contribution in [0.2, 0.25) is 0 Å². The second-order valence-corrected chi connectivity index (χ2v) is 28.3. The molecule has 0 saturated carbocycles. The Labute approximate surface area is 642 Å². The first-order chi connectivity index (χ1) is 53.4. The molecule has 26 N–H and O–H groups in total. The van der Waals surface area contributed by atoms with E-state index in [2.05, 4.69) is 42.5 Å². The molecule has 8 saturated heterocycles. The van der Waals surface area contributed by atoms with Crippen LogP contribution in [-0.2, 0) is 109 Å². The van der Waals surface area contributed by atoms with Crippen molar-refractivity contribution in [2.24, 2.45) is 0 Å². The van der Waals surface area contributed by atoms with Crippen LogP contribution in [0.1, 0.15) is 55.4 Å². The maximum Gasteiger partial charge on any atom is 0.217 e. The molecule has 0 bridgehead atoms. The van der Waals surface area contributed by atoms with Gasteiger partial charge < -0.3 is 206 Å². The number of aliphatic hydroxyl groups excluding tert-OH is 18. The Morgan fingerprint density at radius 3 is 0.522 bits per heavy atom. The average molecular weight is 1640 g/mol. The second kappa shape index (κ2) is 41.2. The minimum Gasteiger partial charge on any atom is -0.394 e. The van der Waals surface area contributed by atoms with Gasteiger partial charge in [0.05, 0.1) is 52.9 Å². The number of aliphatic hydroxyl groups is 18. The van der Waals surface area contributed by atoms with Crippen LogP contribution in [0.25, 0.3) is 0 Å². The van der Waals surface area contributed by atoms with Crippen LogP contribution in [0.5, 0.6) is 0 Å². The number of hydrogen-bond donors (Lipinski definition) is 26. The van der Waals surface area contributed by atoms with E-state index in [9.17, 15) is 130 Å². The van der Waals surface area contributed by atoms with Crippen molar-refractivity contribution in [1.29, 1.82) is 0 Å². The molecule has 8 aliphatic rings. The third-order valence-corrected chi connectivity index (χ3v) is 19.9. The van der Waals surface area contributed by atoms with Crippen molar-refractivity contribution >= 4 is 47.3 Å². The van der Waals surface area contributed by atoms with Gasteiger partial charge in [-0.25, -0.2) is 0 Å². The Kier molecular flexibility index (Phi) is 33.9. The largest absolute Gasteiger partial charge is 0.394 e. The lowest BCUT2D eigenvalue weighted by Crippen LogP contribution is -2.72. The van der Waals surface area contributed by atoms with Gasteiger partial charge in [-0.1, -0.05) is 0 Å². The van der Waals surface area contributed by atoms with Crippen LogP contribution in [0.4, 0.5) is 0 Å². The van der Waals surface area contributed by atoms with E-state index in [-0.39, 0.29) is 0 Å². The van der Waals surface area contributed by atoms with E-state index < -0.39 is 345 Å². The molecule has 49 nitrogen and oxygen atoms in total. The highest BCUT2D eigenvalue weighted by molar-refractivity contribution is 5.76. The van der Waals surface area contributed by atoms with E-state index in [0.717, 1.165) is 55.4 Å². The highest BCUT2D eigenvalue weighted by Crippen LogP contribution is 2.39. The van der Waals surface area contributed by atoms with E-state index in [1.807, 2.05) is 0 Å². The molecule has 0 aliphatic carbocycles. The Bertz CT molecular complexity index is 3150. The van der Waals surface area contributed by atoms with Gasteiger partial charge in [0.1, 0.15) is 195 Å². The Morgan fingerprint density at radius 2 is 0.354 bits per heavy atom. The summed E-state index contributed by atoms with van der Waals surface area (Å²) in [7, 11) is 0. The molecule has 8 amide bonds. The van der Waals surface area contributed by atoms with Crippen molar-refractivity contribution < 1.29 is 201 Å². The quantitative estimate of drug-likeness (QED) is 0.0318. The summed E-state index contributed by atoms with van der Waals surface area (Å²) in [6.45, 7) is -0.275. The standard InChI is InChI=1S/C64H106N8O41/c1-17(81)65-33-43(91)50(26(10-74)99-57(33)98)107-59-35(67-19(3)83)45(93)52(28(12-76)101-59)109-61-37(69-21(5)85)47(95)54(30(14-78)103-61)111-63-39(71-23(7)87)49(97)56(32(16-80)105-63)113-64-40(72-24(8)88)48(96)55(31(15-79)106-64)112-62-38(70-22(6)86)46(94)53(29(13-77)104-62)110-60-36(68-20(4)84)44(92)51(27(11-75)102-60)108-58-34(66-18(2)82)42(90)41(89)25(9-73)100-58/h25-64,73-80,89-98H,9-16H2,1-8H3,(H,65,81)(H,66,82)(H,67,83)(H,68,84)(H,69,85)(H,70,86)(H,71,87)(H,72,88)/t25-,26-,27-,28-,29-,30-,31-,32-,33-,34-,35-,36-,37-,38-,39-,40-,41-,42-,43-,44-,45-,46-,47-,48-,49-,50-,51-,52-,53-,54-,55-,56-,57-,58+,59+,60+,61+,62+,63+,64+/m1/s1. The predicted molar refractivity (Wildman–Crippen MR) is 357 cm³/mol. The minimum absolute atomic E-state index is 0.728. The minimum atomic E-state index is -2.17. The summed E-state index contributed by atoms with van der Waals surface area (Å²) in [5.41, 5.74) is 0. The van der Waals surface area contributed by atoms with Crippen LogP contribution in [-0.4, -0.2) is 437 Å². The Hall–Kier alpha value is -5.56. The Balaban J connectivity index is 0.991. The SMILES string of the molecule is CC(=O)N[C@@H]1[C@@H](O)[C@H](O[C@@H]2O[C@H](CO)[C@@H](O[C@@H]3O[C@H](CO)[C@@H](O[C@@H]4O[C@H](CO)[C@@H](O[C@@H]5O[C@H](CO)[C@@H](O[C@@H]6O[C@H](CO)[C@@H](O[C@@H]7O[C@H](CO)[C@@H](O[C@@H]8O[C@H](CO)[C@@H](O)[C@H](O)[C@H]8NC(C)=O)[C@H](O)[C@H]7NC(C)=O)[C@H](O)[C@H]6NC(C)=O)[C@H](O)[C@H]5NC(C)=O)[C@H](O)[C@H]4NC(C)=O)[C@H](O)[C@H]3NC(C)=O)[C@H](O)[C@H]2NC(C)=O)[C@@H](CO)O[C@H]1O. The van der Waals surface area contributed by atoms with Gasteiger partial charge in [-0.3, -0.25) is 38.4 Å². The van der Waals surface area contributed by atoms with Crippen LogP contribution < -0.4 is 42.5 Å². The van der Waals surface area contributed by atoms with E-state index in [1.54, 1.807) is 0 Å². The van der Waals surface area contributed by atoms with Crippen LogP contribution in [0.15, 0.2) is 0 Å². The van der Waals surface area contributed by atoms with E-state index in [4.69, 9.17) is 71.1 Å². The lowest BCUT2D eigenvalue weighted by atomic mass is 9.92. The summed E-state index contributed by atoms with van der Waals surface area (Å²) in [6.07, 6.45) is -60.6. The number of amides is 8. The van der Waals surface area contributed by atoms with Crippen molar-refractivity contribution in [2.75, 3.05) is 52.9 Å². The van der Waals surface area contributed by atoms with Gasteiger partial charge in [0.2, 0.25) is 47.3 Å². The normalized spacial score (nSPS) is 44.2. The smallest absolute Gasteiger partial charge is 0.217 e. The molecule has 8 aliphatic heterocycles. The van der Waals surface area contributed by atoms with Gasteiger partial charge in [-0.15, -0.1) is 0 Å². The highest BCUT2D eigenvalue weighted by Gasteiger charge is 2.61. The van der Waals surface area contributed by atoms with Crippen molar-refractivity contribution in [3.63, 3.8) is 0 Å². The summed E-state index contributed by atoms with van der Waals surface area (Å²) in [6, 6.07) is -14.1. The van der Waals surface area contributed by atoms with Gasteiger partial charge in [0.15, 0.2) is 50.3 Å². The zero-order chi connectivity index (χ0) is 83.6. The summed E-state index contributed by atoms with van der Waals surface area (Å²) >= 11 is 0. The van der Waals surface area contributed by atoms with E-state index in [0.29, 0.717) is 0 Å². The number of ether oxygens (including phenoxy) is 15. The molecule has 40 atom stereocenters. The summed E-state index contributed by atoms with van der Waals surface area (Å²) in [5, 5.41) is 221. The number of carbonyl (C=O) groups is 8. The molecule has 8 rings (SSSR count). The van der Waals surface area contributed by atoms with Gasteiger partial charge in [-0.2, -0.15) is 0 Å². The number of rotatable bonds is 30. The molecule has 49 heteroatoms. The van der Waals surface area contributed by atoms with E-state index in [1.165, 1.54) is 0 Å². The third-order valence-electron chi connectivity index (χ3n) is 19.9. The van der Waals surface area contributed by atoms with Gasteiger partial charge >= 0.3 is 0 Å². The van der Waals surface area contributed by atoms with Gasteiger partial charge in [0.25, 0.3) is 0 Å². The van der Waals surface area contributed by atoms with Gasteiger partial charge in [0, 0.05) is 55.4 Å². The number of nitrogens with one attached hydrogen (secondary N) is 8. The summed E-state index contributed by atoms with van der Waals surface area (Å²) < 4.78 is 90.4. The first-order valence-electron chi connectivity index (χ1n) is 36.1. The van der Waals surface area contributed by atoms with Gasteiger partial charge in [-0.05, 0) is 0 Å². The monoisotopic (exact) mass is 1640 g/mol. The molecule has 0 aromatic carbocycles. The molecule has 0 unspecified atom stereocenters. The third kappa shape index (κ3) is 21.9. The van der Waals surface area contributed by atoms with E-state index >= 15 is 0 Å². The maximum atomic E-state index is 13.1. The average Bonchev–Trinajstić information content (AvgIpc) is 0.766. The maximum absolute atomic E-state index is 13.1. The highest BCUT2D eigenvalue weighted by atomic mass is 16.8. The van der Waals surface area contributed by atoms with Crippen LogP contribution in [0, 0.1) is 0 Å². The van der Waals surface area contributed by atoms with Crippen LogP contribution >= 0.6 is 0 Å². The molecule has 0 radical (unpaired) electrons. The first kappa shape index (κ1) is 92.9. The predicted octanol–water partition coefficient (Wildman–Crippen LogP) is -17.3. The lowest BCUT2D eigenvalue weighted by Gasteiger charge is -2.52. The molecule has 648 valence electrons. The van der Waals surface area contributed by atoms with Crippen LogP contribution in [0.3, 0.4) is 0 Å². The fourth-order valence-electron chi connectivity index (χ4n) is 14.7. The van der Waals surface area contributed by atoms with Crippen molar-refractivity contribution in [3.05, 3.63) is 0 Å². The summed E-state index contributed by atoms with van der Waals surface area (Å²) in [4.78, 5) is 102. The molecule has 0 aromatic rings. The molecule has 113 heavy (non-hydrogen) atoms. The molecule has 0 spiro atoms. The summed E-state index contributed by atoms with van der Waals surface area (Å²) in [5.74, 6) is -6.77. The topological polar surface area (TPSA) is 735 Å². The zero-order valence-corrected chi connectivity index (χ0v) is 62.2. The Morgan fingerprint density at radius 1 is 0.212 bits per heavy atom. The fourth-order valence-corrected chi connectivity index (χ4v) is 14.7. The number of hydrogen-bond acceptors (Lipinski definition) is 41. The number of carbonyl (C=O) groups excluding carboxylic acids is 8. The van der Waals surface area contributed by atoms with Crippen molar-refractivity contribution in [2.45, 2.75) is 301 Å². The second-order valence-electron chi connectivity index (χ2n) is 28.3. The molecule has 8 heterocycles. The first-order valence-corrected chi connectivity index (χ1v) is 36.1. The molecular weight excluding hydrogens is 1540 g/mol. The lowest BCUT2D eigenvalue weighted by molar-refractivity contribution is -0.374. The zero-order valence-electron chi connectivity index (χ0n) is 62.2. The van der Waals surface area contributed by atoms with Crippen molar-refractivity contribution in [1.82, 2.24) is 42.5 Å². The van der Waals surface area contributed by atoms with Crippen molar-refractivity contribution in [3.8, 4) is 0 Å². The fraction of sp³-hybridized carbons (Fsp3) is 0.875.